The first-order chi connectivity index (χ1) is 20.3. The first-order valence-electron chi connectivity index (χ1n) is 14.5. The van der Waals surface area contributed by atoms with Crippen molar-refractivity contribution >= 4 is 34.4 Å². The van der Waals surface area contributed by atoms with E-state index in [0.29, 0.717) is 5.02 Å². The molecule has 0 aliphatic carbocycles. The zero-order valence-electron chi connectivity index (χ0n) is 24.9. The SMILES string of the molecule is CCCc1cc(C)cc(C)c1N=C(c1ccccc1)c1cccc(C(=Nc2c(C)cc(C)cc2Cl)c2ccccc2)n1. The minimum atomic E-state index is 0.627. The molecule has 5 aromatic rings. The molecular weight excluding hydrogens is 534 g/mol. The number of halogens is 1. The average molecular weight is 570 g/mol. The number of hydrogen-bond acceptors (Lipinski definition) is 3. The maximum atomic E-state index is 6.73. The number of aromatic nitrogens is 1. The number of hydrogen-bond donors (Lipinski definition) is 0. The van der Waals surface area contributed by atoms with E-state index in [0.717, 1.165) is 69.3 Å². The molecule has 0 aliphatic rings. The van der Waals surface area contributed by atoms with Crippen molar-refractivity contribution in [2.75, 3.05) is 0 Å². The van der Waals surface area contributed by atoms with Gasteiger partial charge in [-0.2, -0.15) is 0 Å². The second-order valence-electron chi connectivity index (χ2n) is 10.8. The van der Waals surface area contributed by atoms with Gasteiger partial charge < -0.3 is 0 Å². The predicted octanol–water partition coefficient (Wildman–Crippen LogP) is 10.3. The van der Waals surface area contributed by atoms with E-state index in [1.54, 1.807) is 0 Å². The standard InChI is InChI=1S/C38H36ClN3/c1-6-14-31-23-25(2)21-27(4)35(31)41-37(29-15-9-7-10-16-29)33-19-13-20-34(40-33)38(30-17-11-8-12-18-30)42-36-28(5)22-26(3)24-32(36)39/h7-13,15-24H,6,14H2,1-5H3. The Morgan fingerprint density at radius 1 is 0.619 bits per heavy atom. The van der Waals surface area contributed by atoms with Gasteiger partial charge in [0, 0.05) is 11.1 Å². The Bertz CT molecular complexity index is 1750. The molecule has 0 amide bonds. The Labute approximate surface area is 254 Å². The first kappa shape index (κ1) is 29.2. The number of benzene rings is 4. The van der Waals surface area contributed by atoms with Gasteiger partial charge >= 0.3 is 0 Å². The fourth-order valence-corrected chi connectivity index (χ4v) is 5.73. The predicted molar refractivity (Wildman–Crippen MR) is 179 cm³/mol. The summed E-state index contributed by atoms with van der Waals surface area (Å²) in [4.78, 5) is 15.7. The van der Waals surface area contributed by atoms with E-state index < -0.39 is 0 Å². The molecule has 5 rings (SSSR count). The summed E-state index contributed by atoms with van der Waals surface area (Å²) in [5.74, 6) is 0. The van der Waals surface area contributed by atoms with Crippen LogP contribution in [0.25, 0.3) is 0 Å². The average Bonchev–Trinajstić information content (AvgIpc) is 2.97. The molecule has 4 heteroatoms. The summed E-state index contributed by atoms with van der Waals surface area (Å²) in [6, 6.07) is 35.1. The maximum absolute atomic E-state index is 6.73. The summed E-state index contributed by atoms with van der Waals surface area (Å²) in [7, 11) is 0. The summed E-state index contributed by atoms with van der Waals surface area (Å²) in [6.07, 6.45) is 2.02. The lowest BCUT2D eigenvalue weighted by Crippen LogP contribution is -2.12. The maximum Gasteiger partial charge on any atom is 0.0966 e. The molecule has 0 radical (unpaired) electrons. The minimum Gasteiger partial charge on any atom is -0.246 e. The number of aryl methyl sites for hydroxylation is 5. The molecule has 3 nitrogen and oxygen atoms in total. The highest BCUT2D eigenvalue weighted by Crippen LogP contribution is 2.32. The van der Waals surface area contributed by atoms with Crippen LogP contribution in [-0.4, -0.2) is 16.4 Å². The monoisotopic (exact) mass is 569 g/mol. The van der Waals surface area contributed by atoms with E-state index in [2.05, 4.69) is 63.2 Å². The van der Waals surface area contributed by atoms with Gasteiger partial charge in [0.25, 0.3) is 0 Å². The summed E-state index contributed by atoms with van der Waals surface area (Å²) >= 11 is 6.73. The van der Waals surface area contributed by atoms with Crippen molar-refractivity contribution in [3.8, 4) is 0 Å². The summed E-state index contributed by atoms with van der Waals surface area (Å²) in [6.45, 7) is 10.6. The third-order valence-corrected chi connectivity index (χ3v) is 7.51. The van der Waals surface area contributed by atoms with E-state index in [4.69, 9.17) is 26.6 Å². The molecule has 4 aromatic carbocycles. The van der Waals surface area contributed by atoms with Gasteiger partial charge in [-0.15, -0.1) is 0 Å². The zero-order chi connectivity index (χ0) is 29.6. The van der Waals surface area contributed by atoms with E-state index >= 15 is 0 Å². The third-order valence-electron chi connectivity index (χ3n) is 7.22. The van der Waals surface area contributed by atoms with Gasteiger partial charge in [0.15, 0.2) is 0 Å². The summed E-state index contributed by atoms with van der Waals surface area (Å²) < 4.78 is 0. The molecule has 1 heterocycles. The zero-order valence-corrected chi connectivity index (χ0v) is 25.7. The molecule has 0 N–H and O–H groups in total. The minimum absolute atomic E-state index is 0.627. The van der Waals surface area contributed by atoms with Crippen LogP contribution < -0.4 is 0 Å². The molecule has 0 bridgehead atoms. The Balaban J connectivity index is 1.73. The van der Waals surface area contributed by atoms with Crippen LogP contribution in [0.4, 0.5) is 11.4 Å². The van der Waals surface area contributed by atoms with Gasteiger partial charge in [-0.1, -0.05) is 115 Å². The van der Waals surface area contributed by atoms with Crippen LogP contribution in [0.2, 0.25) is 5.02 Å². The van der Waals surface area contributed by atoms with E-state index in [-0.39, 0.29) is 0 Å². The first-order valence-corrected chi connectivity index (χ1v) is 14.8. The normalized spacial score (nSPS) is 12.0. The fourth-order valence-electron chi connectivity index (χ4n) is 5.37. The third kappa shape index (κ3) is 6.58. The van der Waals surface area contributed by atoms with Crippen molar-refractivity contribution in [2.45, 2.75) is 47.5 Å². The van der Waals surface area contributed by atoms with Crippen molar-refractivity contribution in [2.24, 2.45) is 9.98 Å². The molecular formula is C38H36ClN3. The van der Waals surface area contributed by atoms with Gasteiger partial charge in [0.05, 0.1) is 39.2 Å². The quantitative estimate of drug-likeness (QED) is 0.171. The van der Waals surface area contributed by atoms with Gasteiger partial charge in [-0.3, -0.25) is 0 Å². The number of rotatable bonds is 8. The molecule has 42 heavy (non-hydrogen) atoms. The topological polar surface area (TPSA) is 37.6 Å². The van der Waals surface area contributed by atoms with Crippen LogP contribution in [0.5, 0.6) is 0 Å². The lowest BCUT2D eigenvalue weighted by atomic mass is 9.99. The summed E-state index contributed by atoms with van der Waals surface area (Å²) in [5.41, 5.74) is 12.7. The highest BCUT2D eigenvalue weighted by molar-refractivity contribution is 6.33. The Morgan fingerprint density at radius 2 is 1.12 bits per heavy atom. The van der Waals surface area contributed by atoms with E-state index in [9.17, 15) is 0 Å². The van der Waals surface area contributed by atoms with Crippen molar-refractivity contribution in [3.05, 3.63) is 158 Å². The molecule has 0 atom stereocenters. The Hall–Kier alpha value is -4.34. The molecule has 0 saturated heterocycles. The van der Waals surface area contributed by atoms with Crippen LogP contribution in [0.3, 0.4) is 0 Å². The summed E-state index contributed by atoms with van der Waals surface area (Å²) in [5, 5.41) is 0.627. The van der Waals surface area contributed by atoms with Crippen molar-refractivity contribution < 1.29 is 0 Å². The number of nitrogens with zero attached hydrogens (tertiary/aromatic N) is 3. The highest BCUT2D eigenvalue weighted by Gasteiger charge is 2.17. The van der Waals surface area contributed by atoms with Crippen LogP contribution in [0.15, 0.2) is 113 Å². The van der Waals surface area contributed by atoms with E-state index in [1.807, 2.05) is 74.5 Å². The molecule has 0 saturated carbocycles. The molecule has 210 valence electrons. The molecule has 0 spiro atoms. The van der Waals surface area contributed by atoms with Crippen molar-refractivity contribution in [3.63, 3.8) is 0 Å². The van der Waals surface area contributed by atoms with Gasteiger partial charge in [-0.25, -0.2) is 15.0 Å². The highest BCUT2D eigenvalue weighted by atomic mass is 35.5. The number of pyridine rings is 1. The van der Waals surface area contributed by atoms with Crippen LogP contribution in [0, 0.1) is 27.7 Å². The molecule has 0 aliphatic heterocycles. The Kier molecular flexibility index (Phi) is 9.09. The smallest absolute Gasteiger partial charge is 0.0966 e. The molecule has 1 aromatic heterocycles. The Morgan fingerprint density at radius 3 is 1.64 bits per heavy atom. The lowest BCUT2D eigenvalue weighted by molar-refractivity contribution is 0.918. The van der Waals surface area contributed by atoms with Gasteiger partial charge in [0.2, 0.25) is 0 Å². The second kappa shape index (κ2) is 13.1. The largest absolute Gasteiger partial charge is 0.246 e. The second-order valence-corrected chi connectivity index (χ2v) is 11.2. The van der Waals surface area contributed by atoms with Gasteiger partial charge in [0.1, 0.15) is 0 Å². The van der Waals surface area contributed by atoms with Gasteiger partial charge in [-0.05, 0) is 74.6 Å². The van der Waals surface area contributed by atoms with Crippen LogP contribution in [-0.2, 0) is 6.42 Å². The number of aliphatic imine (C=N–C) groups is 2. The van der Waals surface area contributed by atoms with E-state index in [1.165, 1.54) is 16.7 Å². The molecule has 0 unspecified atom stereocenters. The fraction of sp³-hybridized carbons (Fsp3) is 0.184. The van der Waals surface area contributed by atoms with Crippen LogP contribution >= 0.6 is 11.6 Å². The molecule has 0 fully saturated rings. The van der Waals surface area contributed by atoms with Crippen molar-refractivity contribution in [1.82, 2.24) is 4.98 Å². The van der Waals surface area contributed by atoms with Crippen LogP contribution in [0.1, 0.15) is 63.7 Å². The van der Waals surface area contributed by atoms with Crippen molar-refractivity contribution in [1.29, 1.82) is 0 Å². The lowest BCUT2D eigenvalue weighted by Gasteiger charge is -2.15.